The smallest absolute Gasteiger partial charge is 0.324 e. The van der Waals surface area contributed by atoms with Gasteiger partial charge in [0.05, 0.1) is 0 Å². The highest BCUT2D eigenvalue weighted by Gasteiger charge is 2.37. The van der Waals surface area contributed by atoms with Crippen molar-refractivity contribution in [3.63, 3.8) is 0 Å². The van der Waals surface area contributed by atoms with Crippen molar-refractivity contribution in [2.75, 3.05) is 6.54 Å². The average Bonchev–Trinajstić information content (AvgIpc) is 3.31. The van der Waals surface area contributed by atoms with Gasteiger partial charge in [0.1, 0.15) is 6.04 Å². The molecule has 2 aliphatic rings. The second-order valence-corrected chi connectivity index (χ2v) is 6.11. The van der Waals surface area contributed by atoms with Crippen LogP contribution in [0.5, 0.6) is 0 Å². The first kappa shape index (κ1) is 15.5. The van der Waals surface area contributed by atoms with E-state index in [0.717, 1.165) is 18.4 Å². The number of rotatable bonds is 7. The number of nitrogens with one attached hydrogen (secondary N) is 2. The summed E-state index contributed by atoms with van der Waals surface area (Å²) in [7, 11) is 0. The number of hydrogen-bond acceptors (Lipinski definition) is 3. The molecular weight excluding hydrogens is 294 g/mol. The van der Waals surface area contributed by atoms with E-state index in [9.17, 15) is 14.4 Å². The largest absolute Gasteiger partial charge is 0.353 e. The van der Waals surface area contributed by atoms with E-state index in [1.807, 2.05) is 30.3 Å². The number of carbonyl (C=O) groups excluding carboxylic acids is 3. The van der Waals surface area contributed by atoms with Crippen LogP contribution >= 0.6 is 0 Å². The van der Waals surface area contributed by atoms with Crippen molar-refractivity contribution in [3.05, 3.63) is 35.9 Å². The number of amides is 4. The summed E-state index contributed by atoms with van der Waals surface area (Å²) in [5.74, 6) is -0.276. The zero-order valence-corrected chi connectivity index (χ0v) is 13.0. The van der Waals surface area contributed by atoms with E-state index in [2.05, 4.69) is 10.6 Å². The lowest BCUT2D eigenvalue weighted by atomic mass is 10.1. The van der Waals surface area contributed by atoms with Crippen molar-refractivity contribution in [1.82, 2.24) is 15.5 Å². The van der Waals surface area contributed by atoms with Crippen LogP contribution in [0.4, 0.5) is 4.79 Å². The van der Waals surface area contributed by atoms with Gasteiger partial charge in [-0.25, -0.2) is 4.79 Å². The zero-order chi connectivity index (χ0) is 16.2. The highest BCUT2D eigenvalue weighted by Crippen LogP contribution is 2.19. The van der Waals surface area contributed by atoms with Gasteiger partial charge in [-0.2, -0.15) is 0 Å². The molecule has 1 aromatic carbocycles. The van der Waals surface area contributed by atoms with Crippen molar-refractivity contribution in [3.8, 4) is 0 Å². The summed E-state index contributed by atoms with van der Waals surface area (Å²) in [6, 6.07) is 9.11. The minimum atomic E-state index is -0.580. The molecule has 0 spiro atoms. The standard InChI is InChI=1S/C17H21N3O3/c21-15(18-13-6-7-13)9-8-14-16(22)20(17(23)19-14)11-10-12-4-2-1-3-5-12/h1-5,13-14H,6-11H2,(H,18,21)(H,19,23)/t14-/m0/s1. The average molecular weight is 315 g/mol. The Morgan fingerprint density at radius 2 is 1.96 bits per heavy atom. The molecule has 23 heavy (non-hydrogen) atoms. The SMILES string of the molecule is O=C(CC[C@@H]1NC(=O)N(CCc2ccccc2)C1=O)NC1CC1. The lowest BCUT2D eigenvalue weighted by Crippen LogP contribution is -2.34. The quantitative estimate of drug-likeness (QED) is 0.742. The number of imide groups is 1. The molecule has 0 radical (unpaired) electrons. The van der Waals surface area contributed by atoms with Gasteiger partial charge in [0, 0.05) is 19.0 Å². The lowest BCUT2D eigenvalue weighted by molar-refractivity contribution is -0.127. The molecule has 1 heterocycles. The molecule has 1 aliphatic heterocycles. The molecule has 4 amide bonds. The molecule has 3 rings (SSSR count). The normalized spacial score (nSPS) is 20.5. The molecule has 0 aromatic heterocycles. The van der Waals surface area contributed by atoms with E-state index in [1.54, 1.807) is 0 Å². The summed E-state index contributed by atoms with van der Waals surface area (Å²) in [5.41, 5.74) is 1.08. The van der Waals surface area contributed by atoms with Gasteiger partial charge in [-0.1, -0.05) is 30.3 Å². The summed E-state index contributed by atoms with van der Waals surface area (Å²) in [5, 5.41) is 5.56. The molecule has 1 aliphatic carbocycles. The Morgan fingerprint density at radius 1 is 1.22 bits per heavy atom. The summed E-state index contributed by atoms with van der Waals surface area (Å²) < 4.78 is 0. The van der Waals surface area contributed by atoms with Gasteiger partial charge in [-0.3, -0.25) is 14.5 Å². The monoisotopic (exact) mass is 315 g/mol. The fourth-order valence-electron chi connectivity index (χ4n) is 2.67. The Morgan fingerprint density at radius 3 is 2.65 bits per heavy atom. The van der Waals surface area contributed by atoms with Crippen LogP contribution in [-0.2, 0) is 16.0 Å². The Balaban J connectivity index is 1.47. The van der Waals surface area contributed by atoms with E-state index >= 15 is 0 Å². The molecule has 6 heteroatoms. The van der Waals surface area contributed by atoms with Crippen LogP contribution < -0.4 is 10.6 Å². The van der Waals surface area contributed by atoms with Gasteiger partial charge in [0.15, 0.2) is 0 Å². The van der Waals surface area contributed by atoms with E-state index in [-0.39, 0.29) is 24.3 Å². The lowest BCUT2D eigenvalue weighted by Gasteiger charge is -2.13. The second-order valence-electron chi connectivity index (χ2n) is 6.11. The molecule has 1 aromatic rings. The number of benzene rings is 1. The van der Waals surface area contributed by atoms with Crippen LogP contribution in [-0.4, -0.2) is 41.4 Å². The molecule has 1 saturated carbocycles. The minimum Gasteiger partial charge on any atom is -0.353 e. The predicted octanol–water partition coefficient (Wildman–Crippen LogP) is 1.21. The van der Waals surface area contributed by atoms with Crippen LogP contribution in [0, 0.1) is 0 Å². The van der Waals surface area contributed by atoms with Gasteiger partial charge in [-0.05, 0) is 31.2 Å². The molecule has 2 fully saturated rings. The Labute approximate surface area is 135 Å². The van der Waals surface area contributed by atoms with Crippen LogP contribution in [0.15, 0.2) is 30.3 Å². The van der Waals surface area contributed by atoms with Gasteiger partial charge < -0.3 is 10.6 Å². The molecule has 1 saturated heterocycles. The third kappa shape index (κ3) is 4.09. The number of carbonyl (C=O) groups is 3. The minimum absolute atomic E-state index is 0.0442. The summed E-state index contributed by atoms with van der Waals surface area (Å²) in [6.07, 6.45) is 3.33. The first-order chi connectivity index (χ1) is 11.1. The summed E-state index contributed by atoms with van der Waals surface area (Å²) >= 11 is 0. The molecular formula is C17H21N3O3. The third-order valence-electron chi connectivity index (χ3n) is 4.18. The van der Waals surface area contributed by atoms with Gasteiger partial charge in [0.2, 0.25) is 5.91 Å². The predicted molar refractivity (Wildman–Crippen MR) is 84.6 cm³/mol. The summed E-state index contributed by atoms with van der Waals surface area (Å²) in [6.45, 7) is 0.361. The molecule has 0 unspecified atom stereocenters. The maximum Gasteiger partial charge on any atom is 0.324 e. The number of urea groups is 1. The van der Waals surface area contributed by atoms with Gasteiger partial charge >= 0.3 is 6.03 Å². The molecule has 2 N–H and O–H groups in total. The second kappa shape index (κ2) is 6.81. The Kier molecular flexibility index (Phi) is 4.60. The first-order valence-corrected chi connectivity index (χ1v) is 8.08. The van der Waals surface area contributed by atoms with E-state index in [0.29, 0.717) is 25.4 Å². The Bertz CT molecular complexity index is 598. The molecule has 1 atom stereocenters. The Hall–Kier alpha value is -2.37. The molecule has 6 nitrogen and oxygen atoms in total. The molecule has 0 bridgehead atoms. The topological polar surface area (TPSA) is 78.5 Å². The van der Waals surface area contributed by atoms with Crippen molar-refractivity contribution >= 4 is 17.8 Å². The highest BCUT2D eigenvalue weighted by molar-refractivity contribution is 6.04. The number of nitrogens with zero attached hydrogens (tertiary/aromatic N) is 1. The maximum atomic E-state index is 12.3. The van der Waals surface area contributed by atoms with Crippen LogP contribution in [0.2, 0.25) is 0 Å². The van der Waals surface area contributed by atoms with E-state index < -0.39 is 6.04 Å². The zero-order valence-electron chi connectivity index (χ0n) is 13.0. The van der Waals surface area contributed by atoms with Crippen LogP contribution in [0.1, 0.15) is 31.2 Å². The van der Waals surface area contributed by atoms with E-state index in [1.165, 1.54) is 4.90 Å². The van der Waals surface area contributed by atoms with Crippen LogP contribution in [0.3, 0.4) is 0 Å². The van der Waals surface area contributed by atoms with Crippen molar-refractivity contribution in [1.29, 1.82) is 0 Å². The van der Waals surface area contributed by atoms with Crippen molar-refractivity contribution in [2.45, 2.75) is 44.2 Å². The third-order valence-corrected chi connectivity index (χ3v) is 4.18. The summed E-state index contributed by atoms with van der Waals surface area (Å²) in [4.78, 5) is 37.2. The molecule has 122 valence electrons. The fourth-order valence-corrected chi connectivity index (χ4v) is 2.67. The van der Waals surface area contributed by atoms with Crippen molar-refractivity contribution < 1.29 is 14.4 Å². The van der Waals surface area contributed by atoms with Crippen molar-refractivity contribution in [2.24, 2.45) is 0 Å². The number of hydrogen-bond donors (Lipinski definition) is 2. The first-order valence-electron chi connectivity index (χ1n) is 8.08. The highest BCUT2D eigenvalue weighted by atomic mass is 16.2. The fraction of sp³-hybridized carbons (Fsp3) is 0.471. The maximum absolute atomic E-state index is 12.3. The van der Waals surface area contributed by atoms with Gasteiger partial charge in [-0.15, -0.1) is 0 Å². The van der Waals surface area contributed by atoms with E-state index in [4.69, 9.17) is 0 Å². The van der Waals surface area contributed by atoms with Gasteiger partial charge in [0.25, 0.3) is 5.91 Å². The van der Waals surface area contributed by atoms with Crippen LogP contribution in [0.25, 0.3) is 0 Å².